The van der Waals surface area contributed by atoms with Crippen LogP contribution in [0, 0.1) is 11.7 Å². The highest BCUT2D eigenvalue weighted by molar-refractivity contribution is 9.10. The van der Waals surface area contributed by atoms with Gasteiger partial charge >= 0.3 is 0 Å². The maximum absolute atomic E-state index is 14.5. The third-order valence-corrected chi connectivity index (χ3v) is 5.41. The van der Waals surface area contributed by atoms with Gasteiger partial charge in [-0.3, -0.25) is 4.90 Å². The van der Waals surface area contributed by atoms with Crippen molar-refractivity contribution in [2.45, 2.75) is 38.1 Å². The van der Waals surface area contributed by atoms with Gasteiger partial charge in [-0.05, 0) is 37.0 Å². The molecule has 22 heavy (non-hydrogen) atoms. The Kier molecular flexibility index (Phi) is 7.13. The predicted molar refractivity (Wildman–Crippen MR) is 95.1 cm³/mol. The van der Waals surface area contributed by atoms with Crippen molar-refractivity contribution in [3.63, 3.8) is 0 Å². The molecule has 0 aromatic heterocycles. The molecule has 2 aliphatic rings. The summed E-state index contributed by atoms with van der Waals surface area (Å²) in [5, 5.41) is 3.41. The molecule has 0 spiro atoms. The molecule has 1 atom stereocenters. The van der Waals surface area contributed by atoms with Crippen LogP contribution in [-0.4, -0.2) is 31.1 Å². The number of halogens is 3. The van der Waals surface area contributed by atoms with E-state index in [0.29, 0.717) is 5.92 Å². The highest BCUT2D eigenvalue weighted by Crippen LogP contribution is 2.40. The Bertz CT molecular complexity index is 456. The van der Waals surface area contributed by atoms with Crippen molar-refractivity contribution in [2.24, 2.45) is 5.92 Å². The number of hydrogen-bond donors (Lipinski definition) is 1. The number of nitrogens with one attached hydrogen (secondary N) is 1. The van der Waals surface area contributed by atoms with Crippen molar-refractivity contribution in [1.29, 1.82) is 0 Å². The lowest BCUT2D eigenvalue weighted by atomic mass is 9.80. The minimum absolute atomic E-state index is 0. The lowest BCUT2D eigenvalue weighted by Gasteiger charge is -2.41. The fraction of sp³-hybridized carbons (Fsp3) is 0.647. The van der Waals surface area contributed by atoms with Crippen LogP contribution in [0.2, 0.25) is 0 Å². The van der Waals surface area contributed by atoms with Crippen molar-refractivity contribution in [3.05, 3.63) is 34.1 Å². The predicted octanol–water partition coefficient (Wildman–Crippen LogP) is 4.54. The molecule has 0 unspecified atom stereocenters. The van der Waals surface area contributed by atoms with Gasteiger partial charge in [-0.15, -0.1) is 12.4 Å². The van der Waals surface area contributed by atoms with Crippen molar-refractivity contribution < 1.29 is 4.39 Å². The van der Waals surface area contributed by atoms with E-state index < -0.39 is 0 Å². The highest BCUT2D eigenvalue weighted by atomic mass is 79.9. The van der Waals surface area contributed by atoms with Crippen LogP contribution in [0.15, 0.2) is 22.7 Å². The molecular weight excluding hydrogens is 367 g/mol. The number of piperazine rings is 1. The molecule has 1 saturated carbocycles. The van der Waals surface area contributed by atoms with Gasteiger partial charge in [0.15, 0.2) is 0 Å². The summed E-state index contributed by atoms with van der Waals surface area (Å²) in [5.41, 5.74) is 0.887. The van der Waals surface area contributed by atoms with Gasteiger partial charge in [0.2, 0.25) is 0 Å². The monoisotopic (exact) mass is 390 g/mol. The molecule has 0 radical (unpaired) electrons. The molecule has 1 heterocycles. The van der Waals surface area contributed by atoms with Gasteiger partial charge in [0.25, 0.3) is 0 Å². The third kappa shape index (κ3) is 4.22. The van der Waals surface area contributed by atoms with E-state index in [1.165, 1.54) is 32.1 Å². The molecule has 5 heteroatoms. The molecule has 3 rings (SSSR count). The lowest BCUT2D eigenvalue weighted by molar-refractivity contribution is 0.101. The first-order valence-electron chi connectivity index (χ1n) is 8.15. The van der Waals surface area contributed by atoms with Gasteiger partial charge in [-0.1, -0.05) is 35.2 Å². The summed E-state index contributed by atoms with van der Waals surface area (Å²) in [7, 11) is 0. The first-order chi connectivity index (χ1) is 10.3. The zero-order chi connectivity index (χ0) is 14.7. The Hall–Kier alpha value is -0.160. The molecule has 1 aliphatic carbocycles. The van der Waals surface area contributed by atoms with E-state index in [-0.39, 0.29) is 24.3 Å². The van der Waals surface area contributed by atoms with Gasteiger partial charge < -0.3 is 5.32 Å². The largest absolute Gasteiger partial charge is 0.314 e. The van der Waals surface area contributed by atoms with Gasteiger partial charge in [-0.25, -0.2) is 4.39 Å². The van der Waals surface area contributed by atoms with Crippen molar-refractivity contribution >= 4 is 28.3 Å². The lowest BCUT2D eigenvalue weighted by Crippen LogP contribution is -2.47. The summed E-state index contributed by atoms with van der Waals surface area (Å²) in [6, 6.07) is 5.65. The van der Waals surface area contributed by atoms with Crippen molar-refractivity contribution in [1.82, 2.24) is 10.2 Å². The minimum atomic E-state index is -0.0488. The van der Waals surface area contributed by atoms with Gasteiger partial charge in [-0.2, -0.15) is 0 Å². The standard InChI is InChI=1S/C17H24BrFN2.ClH/c18-14-6-7-16(19)15(12-14)17(13-4-2-1-3-5-13)21-10-8-20-9-11-21;/h6-7,12-13,17,20H,1-5,8-11H2;1H/t17-;/m1./s1. The average molecular weight is 392 g/mol. The summed E-state index contributed by atoms with van der Waals surface area (Å²) in [6.07, 6.45) is 6.40. The van der Waals surface area contributed by atoms with E-state index in [0.717, 1.165) is 36.2 Å². The first-order valence-corrected chi connectivity index (χ1v) is 8.95. The molecule has 1 aromatic carbocycles. The minimum Gasteiger partial charge on any atom is -0.314 e. The van der Waals surface area contributed by atoms with Crippen LogP contribution in [-0.2, 0) is 0 Å². The van der Waals surface area contributed by atoms with E-state index in [1.54, 1.807) is 12.1 Å². The van der Waals surface area contributed by atoms with E-state index in [1.807, 2.05) is 6.07 Å². The Morgan fingerprint density at radius 1 is 1.14 bits per heavy atom. The van der Waals surface area contributed by atoms with Gasteiger partial charge in [0.05, 0.1) is 0 Å². The summed E-state index contributed by atoms with van der Waals surface area (Å²) in [4.78, 5) is 2.50. The zero-order valence-electron chi connectivity index (χ0n) is 12.9. The molecule has 2 nitrogen and oxygen atoms in total. The highest BCUT2D eigenvalue weighted by Gasteiger charge is 2.32. The Labute approximate surface area is 147 Å². The second-order valence-corrected chi connectivity index (χ2v) is 7.21. The third-order valence-electron chi connectivity index (χ3n) is 4.92. The maximum atomic E-state index is 14.5. The smallest absolute Gasteiger partial charge is 0.128 e. The first kappa shape index (κ1) is 18.2. The number of hydrogen-bond acceptors (Lipinski definition) is 2. The van der Waals surface area contributed by atoms with Crippen LogP contribution >= 0.6 is 28.3 Å². The van der Waals surface area contributed by atoms with Crippen LogP contribution in [0.4, 0.5) is 4.39 Å². The van der Waals surface area contributed by atoms with Crippen LogP contribution in [0.25, 0.3) is 0 Å². The summed E-state index contributed by atoms with van der Waals surface area (Å²) in [6.45, 7) is 4.07. The molecule has 1 aliphatic heterocycles. The molecule has 2 fully saturated rings. The van der Waals surface area contributed by atoms with Crippen LogP contribution < -0.4 is 5.32 Å². The Balaban J connectivity index is 0.00000176. The topological polar surface area (TPSA) is 15.3 Å². The second-order valence-electron chi connectivity index (χ2n) is 6.29. The maximum Gasteiger partial charge on any atom is 0.128 e. The van der Waals surface area contributed by atoms with Crippen LogP contribution in [0.1, 0.15) is 43.7 Å². The molecule has 1 saturated heterocycles. The van der Waals surface area contributed by atoms with E-state index >= 15 is 0 Å². The fourth-order valence-corrected chi connectivity index (χ4v) is 4.28. The van der Waals surface area contributed by atoms with E-state index in [2.05, 4.69) is 26.1 Å². The fourth-order valence-electron chi connectivity index (χ4n) is 3.90. The number of nitrogens with zero attached hydrogens (tertiary/aromatic N) is 1. The molecule has 0 amide bonds. The SMILES string of the molecule is Cl.Fc1ccc(Br)cc1[C@@H](C1CCCCC1)N1CCNCC1. The molecule has 0 bridgehead atoms. The summed E-state index contributed by atoms with van der Waals surface area (Å²) >= 11 is 3.52. The van der Waals surface area contributed by atoms with Crippen LogP contribution in [0.3, 0.4) is 0 Å². The Morgan fingerprint density at radius 3 is 2.50 bits per heavy atom. The van der Waals surface area contributed by atoms with Gasteiger partial charge in [0, 0.05) is 42.3 Å². The summed E-state index contributed by atoms with van der Waals surface area (Å²) < 4.78 is 15.4. The molecule has 1 N–H and O–H groups in total. The van der Waals surface area contributed by atoms with Gasteiger partial charge in [0.1, 0.15) is 5.82 Å². The quantitative estimate of drug-likeness (QED) is 0.814. The average Bonchev–Trinajstić information content (AvgIpc) is 2.53. The summed E-state index contributed by atoms with van der Waals surface area (Å²) in [5.74, 6) is 0.549. The molecule has 1 aromatic rings. The number of benzene rings is 1. The number of rotatable bonds is 3. The van der Waals surface area contributed by atoms with E-state index in [4.69, 9.17) is 0 Å². The molecule has 124 valence electrons. The Morgan fingerprint density at radius 2 is 1.82 bits per heavy atom. The second kappa shape index (κ2) is 8.62. The van der Waals surface area contributed by atoms with Crippen LogP contribution in [0.5, 0.6) is 0 Å². The molecular formula is C17H25BrClFN2. The zero-order valence-corrected chi connectivity index (χ0v) is 15.3. The van der Waals surface area contributed by atoms with E-state index in [9.17, 15) is 4.39 Å². The normalized spacial score (nSPS) is 22.1. The van der Waals surface area contributed by atoms with Crippen molar-refractivity contribution in [3.8, 4) is 0 Å². The van der Waals surface area contributed by atoms with Crippen molar-refractivity contribution in [2.75, 3.05) is 26.2 Å².